The monoisotopic (exact) mass is 377 g/mol. The van der Waals surface area contributed by atoms with Crippen LogP contribution in [0.15, 0.2) is 42.5 Å². The predicted octanol–water partition coefficient (Wildman–Crippen LogP) is 3.72. The van der Waals surface area contributed by atoms with Gasteiger partial charge in [0.15, 0.2) is 0 Å². The molecule has 1 atom stereocenters. The minimum atomic E-state index is -0.0886. The van der Waals surface area contributed by atoms with Crippen LogP contribution in [0.1, 0.15) is 41.4 Å². The molecule has 2 aromatic carbocycles. The fourth-order valence-electron chi connectivity index (χ4n) is 4.49. The average molecular weight is 377 g/mol. The van der Waals surface area contributed by atoms with Gasteiger partial charge in [0, 0.05) is 11.4 Å². The van der Waals surface area contributed by atoms with E-state index in [-0.39, 0.29) is 17.7 Å². The van der Waals surface area contributed by atoms with Crippen LogP contribution in [0.2, 0.25) is 0 Å². The lowest BCUT2D eigenvalue weighted by molar-refractivity contribution is -0.120. The molecule has 1 saturated carbocycles. The van der Waals surface area contributed by atoms with E-state index in [0.717, 1.165) is 29.8 Å². The molecule has 3 aliphatic rings. The molecule has 2 aromatic rings. The third-order valence-electron chi connectivity index (χ3n) is 5.94. The normalized spacial score (nSPS) is 22.2. The Hall–Kier alpha value is -2.66. The molecule has 0 aliphatic heterocycles. The molecule has 0 spiro atoms. The Morgan fingerprint density at radius 3 is 2.46 bits per heavy atom. The van der Waals surface area contributed by atoms with Gasteiger partial charge < -0.3 is 15.5 Å². The Labute approximate surface area is 166 Å². The standard InChI is InChI=1S/C23H27N3O2/c1-14-8-9-17(12-20(14)25-21(27)13-26(2)3)24-23(28)22-16-10-15(11-16)18-6-4-5-7-19(18)22/h4-9,12,15-16,22H,10-11,13H2,1-3H3,(H,24,28)(H,25,27). The number of likely N-dealkylation sites (N-methyl/N-ethyl adjacent to an activating group) is 1. The number of anilines is 2. The summed E-state index contributed by atoms with van der Waals surface area (Å²) in [5, 5.41) is 6.02. The topological polar surface area (TPSA) is 61.4 Å². The number of amides is 2. The number of hydrogen-bond acceptors (Lipinski definition) is 3. The van der Waals surface area contributed by atoms with Crippen LogP contribution in [0.4, 0.5) is 11.4 Å². The number of nitrogens with one attached hydrogen (secondary N) is 2. The number of hydrogen-bond donors (Lipinski definition) is 2. The van der Waals surface area contributed by atoms with Crippen molar-refractivity contribution in [2.24, 2.45) is 5.92 Å². The van der Waals surface area contributed by atoms with Crippen molar-refractivity contribution in [1.82, 2.24) is 4.90 Å². The van der Waals surface area contributed by atoms with Crippen molar-refractivity contribution < 1.29 is 9.59 Å². The first-order valence-corrected chi connectivity index (χ1v) is 9.87. The second-order valence-electron chi connectivity index (χ2n) is 8.34. The number of carbonyl (C=O) groups excluding carboxylic acids is 2. The third kappa shape index (κ3) is 3.54. The zero-order chi connectivity index (χ0) is 19.8. The van der Waals surface area contributed by atoms with Gasteiger partial charge in [-0.25, -0.2) is 0 Å². The molecule has 5 heteroatoms. The van der Waals surface area contributed by atoms with Crippen molar-refractivity contribution in [2.45, 2.75) is 31.6 Å². The number of nitrogens with zero attached hydrogens (tertiary/aromatic N) is 1. The van der Waals surface area contributed by atoms with E-state index in [0.29, 0.717) is 18.4 Å². The Balaban J connectivity index is 1.51. The first-order valence-electron chi connectivity index (χ1n) is 9.87. The fraction of sp³-hybridized carbons (Fsp3) is 0.391. The lowest BCUT2D eigenvalue weighted by Crippen LogP contribution is -2.40. The number of rotatable bonds is 5. The number of aryl methyl sites for hydroxylation is 1. The van der Waals surface area contributed by atoms with E-state index in [2.05, 4.69) is 28.8 Å². The molecule has 0 radical (unpaired) electrons. The number of benzene rings is 2. The molecular weight excluding hydrogens is 350 g/mol. The molecule has 0 saturated heterocycles. The molecule has 0 heterocycles. The molecule has 0 aromatic heterocycles. The highest BCUT2D eigenvalue weighted by Crippen LogP contribution is 2.55. The van der Waals surface area contributed by atoms with Crippen molar-refractivity contribution in [3.63, 3.8) is 0 Å². The molecule has 3 aliphatic carbocycles. The van der Waals surface area contributed by atoms with Crippen LogP contribution < -0.4 is 10.6 Å². The molecule has 5 nitrogen and oxygen atoms in total. The van der Waals surface area contributed by atoms with E-state index in [1.54, 1.807) is 0 Å². The van der Waals surface area contributed by atoms with E-state index >= 15 is 0 Å². The van der Waals surface area contributed by atoms with Crippen molar-refractivity contribution in [3.8, 4) is 0 Å². The first-order chi connectivity index (χ1) is 13.4. The minimum absolute atomic E-state index is 0.0463. The lowest BCUT2D eigenvalue weighted by Gasteiger charge is -2.47. The highest BCUT2D eigenvalue weighted by molar-refractivity contribution is 5.98. The maximum Gasteiger partial charge on any atom is 0.238 e. The van der Waals surface area contributed by atoms with Gasteiger partial charge >= 0.3 is 0 Å². The predicted molar refractivity (Wildman–Crippen MR) is 112 cm³/mol. The van der Waals surface area contributed by atoms with Crippen LogP contribution in [0, 0.1) is 12.8 Å². The van der Waals surface area contributed by atoms with Crippen LogP contribution >= 0.6 is 0 Å². The highest BCUT2D eigenvalue weighted by atomic mass is 16.2. The highest BCUT2D eigenvalue weighted by Gasteiger charge is 2.46. The quantitative estimate of drug-likeness (QED) is 0.835. The molecule has 5 rings (SSSR count). The molecule has 2 bridgehead atoms. The van der Waals surface area contributed by atoms with Gasteiger partial charge in [0.1, 0.15) is 0 Å². The first kappa shape index (κ1) is 18.7. The van der Waals surface area contributed by atoms with Gasteiger partial charge in [0.05, 0.1) is 12.5 Å². The summed E-state index contributed by atoms with van der Waals surface area (Å²) in [7, 11) is 3.71. The molecular formula is C23H27N3O2. The van der Waals surface area contributed by atoms with Crippen molar-refractivity contribution in [3.05, 3.63) is 59.2 Å². The fourth-order valence-corrected chi connectivity index (χ4v) is 4.49. The van der Waals surface area contributed by atoms with Crippen molar-refractivity contribution >= 4 is 23.2 Å². The van der Waals surface area contributed by atoms with Crippen LogP contribution in [-0.2, 0) is 9.59 Å². The molecule has 1 unspecified atom stereocenters. The minimum Gasteiger partial charge on any atom is -0.325 e. The zero-order valence-corrected chi connectivity index (χ0v) is 16.7. The second-order valence-corrected chi connectivity index (χ2v) is 8.34. The Morgan fingerprint density at radius 2 is 1.75 bits per heavy atom. The molecule has 1 fully saturated rings. The summed E-state index contributed by atoms with van der Waals surface area (Å²) in [6.45, 7) is 2.26. The summed E-state index contributed by atoms with van der Waals surface area (Å²) < 4.78 is 0. The van der Waals surface area contributed by atoms with Crippen LogP contribution in [0.3, 0.4) is 0 Å². The Morgan fingerprint density at radius 1 is 1.04 bits per heavy atom. The summed E-state index contributed by atoms with van der Waals surface area (Å²) >= 11 is 0. The molecule has 2 amide bonds. The molecule has 28 heavy (non-hydrogen) atoms. The summed E-state index contributed by atoms with van der Waals surface area (Å²) in [5.41, 5.74) is 4.94. The van der Waals surface area contributed by atoms with Crippen LogP contribution in [0.5, 0.6) is 0 Å². The van der Waals surface area contributed by atoms with Gasteiger partial charge in [-0.15, -0.1) is 0 Å². The van der Waals surface area contributed by atoms with Gasteiger partial charge in [0.2, 0.25) is 11.8 Å². The smallest absolute Gasteiger partial charge is 0.238 e. The molecule has 146 valence electrons. The summed E-state index contributed by atoms with van der Waals surface area (Å²) in [5.74, 6) is 0.949. The van der Waals surface area contributed by atoms with E-state index < -0.39 is 0 Å². The van der Waals surface area contributed by atoms with Gasteiger partial charge in [-0.2, -0.15) is 0 Å². The zero-order valence-electron chi connectivity index (χ0n) is 16.7. The van der Waals surface area contributed by atoms with Gasteiger partial charge in [0.25, 0.3) is 0 Å². The molecule has 2 N–H and O–H groups in total. The van der Waals surface area contributed by atoms with E-state index in [4.69, 9.17) is 0 Å². The lowest BCUT2D eigenvalue weighted by atomic mass is 9.57. The number of carbonyl (C=O) groups is 2. The third-order valence-corrected chi connectivity index (χ3v) is 5.94. The van der Waals surface area contributed by atoms with Gasteiger partial charge in [-0.1, -0.05) is 30.3 Å². The largest absolute Gasteiger partial charge is 0.325 e. The summed E-state index contributed by atoms with van der Waals surface area (Å²) in [6, 6.07) is 14.0. The van der Waals surface area contributed by atoms with Crippen LogP contribution in [0.25, 0.3) is 0 Å². The van der Waals surface area contributed by atoms with Crippen molar-refractivity contribution in [1.29, 1.82) is 0 Å². The van der Waals surface area contributed by atoms with E-state index in [1.165, 1.54) is 11.1 Å². The van der Waals surface area contributed by atoms with E-state index in [1.807, 2.05) is 50.2 Å². The van der Waals surface area contributed by atoms with Gasteiger partial charge in [-0.3, -0.25) is 9.59 Å². The average Bonchev–Trinajstić information content (AvgIpc) is 2.62. The second kappa shape index (κ2) is 7.40. The van der Waals surface area contributed by atoms with Gasteiger partial charge in [-0.05, 0) is 74.5 Å². The Bertz CT molecular complexity index is 916. The Kier molecular flexibility index (Phi) is 4.94. The summed E-state index contributed by atoms with van der Waals surface area (Å²) in [4.78, 5) is 27.0. The SMILES string of the molecule is Cc1ccc(NC(=O)C2c3ccccc3C3CC2C3)cc1NC(=O)CN(C)C. The maximum absolute atomic E-state index is 13.1. The maximum atomic E-state index is 13.1. The van der Waals surface area contributed by atoms with Crippen LogP contribution in [-0.4, -0.2) is 37.4 Å². The summed E-state index contributed by atoms with van der Waals surface area (Å²) in [6.07, 6.45) is 2.21. The van der Waals surface area contributed by atoms with Crippen molar-refractivity contribution in [2.75, 3.05) is 31.3 Å². The van der Waals surface area contributed by atoms with E-state index in [9.17, 15) is 9.59 Å².